The Balaban J connectivity index is 2.00. The lowest BCUT2D eigenvalue weighted by atomic mass is 10.1. The molecule has 1 fully saturated rings. The second kappa shape index (κ2) is 5.87. The van der Waals surface area contributed by atoms with Crippen molar-refractivity contribution in [2.75, 3.05) is 23.5 Å². The van der Waals surface area contributed by atoms with Gasteiger partial charge in [-0.05, 0) is 36.0 Å². The first-order valence-corrected chi connectivity index (χ1v) is 8.25. The van der Waals surface area contributed by atoms with Crippen LogP contribution in [0.2, 0.25) is 0 Å². The number of nitrogens with two attached hydrogens (primary N) is 1. The average Bonchev–Trinajstić information content (AvgIpc) is 2.90. The molecule has 1 aromatic heterocycles. The SMILES string of the molecule is NNc1ccc(S(=O)(=O)NCC2CCSC2)cn1. The molecular weight excluding hydrogens is 272 g/mol. The summed E-state index contributed by atoms with van der Waals surface area (Å²) in [6.45, 7) is 0.492. The number of hydrogen-bond acceptors (Lipinski definition) is 6. The molecule has 0 saturated carbocycles. The Labute approximate surface area is 111 Å². The smallest absolute Gasteiger partial charge is 0.242 e. The van der Waals surface area contributed by atoms with Gasteiger partial charge in [0.2, 0.25) is 10.0 Å². The summed E-state index contributed by atoms with van der Waals surface area (Å²) in [6.07, 6.45) is 2.36. The lowest BCUT2D eigenvalue weighted by Crippen LogP contribution is -2.29. The lowest BCUT2D eigenvalue weighted by molar-refractivity contribution is 0.545. The molecule has 100 valence electrons. The molecule has 6 nitrogen and oxygen atoms in total. The summed E-state index contributed by atoms with van der Waals surface area (Å²) in [7, 11) is -3.46. The van der Waals surface area contributed by atoms with Crippen LogP contribution in [0.25, 0.3) is 0 Å². The third-order valence-corrected chi connectivity index (χ3v) is 5.42. The standard InChI is InChI=1S/C10H16N4O2S2/c11-14-10-2-1-9(6-12-10)18(15,16)13-5-8-3-4-17-7-8/h1-2,6,8,13H,3-5,7,11H2,(H,12,14). The summed E-state index contributed by atoms with van der Waals surface area (Å²) >= 11 is 1.86. The van der Waals surface area contributed by atoms with Crippen molar-refractivity contribution in [3.05, 3.63) is 18.3 Å². The number of aromatic nitrogens is 1. The molecule has 1 atom stereocenters. The minimum Gasteiger partial charge on any atom is -0.308 e. The monoisotopic (exact) mass is 288 g/mol. The van der Waals surface area contributed by atoms with E-state index in [-0.39, 0.29) is 4.90 Å². The summed E-state index contributed by atoms with van der Waals surface area (Å²) in [5, 5.41) is 0. The summed E-state index contributed by atoms with van der Waals surface area (Å²) in [6, 6.07) is 3.01. The van der Waals surface area contributed by atoms with Gasteiger partial charge < -0.3 is 5.43 Å². The molecule has 1 aliphatic rings. The molecule has 2 rings (SSSR count). The molecule has 0 amide bonds. The van der Waals surface area contributed by atoms with Gasteiger partial charge in [-0.3, -0.25) is 0 Å². The van der Waals surface area contributed by atoms with Gasteiger partial charge in [0.05, 0.1) is 0 Å². The molecule has 0 bridgehead atoms. The van der Waals surface area contributed by atoms with Crippen LogP contribution in [-0.2, 0) is 10.0 Å². The van der Waals surface area contributed by atoms with E-state index in [4.69, 9.17) is 5.84 Å². The highest BCUT2D eigenvalue weighted by Crippen LogP contribution is 2.23. The fraction of sp³-hybridized carbons (Fsp3) is 0.500. The number of rotatable bonds is 5. The van der Waals surface area contributed by atoms with E-state index >= 15 is 0 Å². The number of nitrogens with one attached hydrogen (secondary N) is 2. The lowest BCUT2D eigenvalue weighted by Gasteiger charge is -2.10. The number of sulfonamides is 1. The highest BCUT2D eigenvalue weighted by molar-refractivity contribution is 7.99. The molecule has 0 radical (unpaired) electrons. The Morgan fingerprint density at radius 2 is 2.33 bits per heavy atom. The van der Waals surface area contributed by atoms with Crippen LogP contribution in [0, 0.1) is 5.92 Å². The maximum Gasteiger partial charge on any atom is 0.242 e. The maximum absolute atomic E-state index is 12.0. The predicted molar refractivity (Wildman–Crippen MR) is 72.7 cm³/mol. The maximum atomic E-state index is 12.0. The molecule has 1 aromatic rings. The first-order chi connectivity index (χ1) is 8.62. The van der Waals surface area contributed by atoms with Crippen molar-refractivity contribution in [3.8, 4) is 0 Å². The molecular formula is C10H16N4O2S2. The van der Waals surface area contributed by atoms with Crippen LogP contribution < -0.4 is 16.0 Å². The van der Waals surface area contributed by atoms with Gasteiger partial charge in [0.25, 0.3) is 0 Å². The van der Waals surface area contributed by atoms with Gasteiger partial charge in [-0.15, -0.1) is 0 Å². The molecule has 0 spiro atoms. The first kappa shape index (κ1) is 13.6. The Morgan fingerprint density at radius 1 is 1.50 bits per heavy atom. The van der Waals surface area contributed by atoms with E-state index < -0.39 is 10.0 Å². The van der Waals surface area contributed by atoms with Crippen LogP contribution in [0.4, 0.5) is 5.82 Å². The van der Waals surface area contributed by atoms with Gasteiger partial charge in [-0.2, -0.15) is 11.8 Å². The number of pyridine rings is 1. The minimum atomic E-state index is -3.46. The number of nitrogens with zero attached hydrogens (tertiary/aromatic N) is 1. The van der Waals surface area contributed by atoms with E-state index in [1.165, 1.54) is 18.3 Å². The van der Waals surface area contributed by atoms with Crippen molar-refractivity contribution < 1.29 is 8.42 Å². The van der Waals surface area contributed by atoms with Crippen LogP contribution in [0.1, 0.15) is 6.42 Å². The molecule has 1 unspecified atom stereocenters. The Hall–Kier alpha value is -0.830. The zero-order chi connectivity index (χ0) is 13.0. The van der Waals surface area contributed by atoms with E-state index in [9.17, 15) is 8.42 Å². The Morgan fingerprint density at radius 3 is 2.89 bits per heavy atom. The van der Waals surface area contributed by atoms with Crippen LogP contribution in [0.3, 0.4) is 0 Å². The molecule has 8 heteroatoms. The number of thioether (sulfide) groups is 1. The summed E-state index contributed by atoms with van der Waals surface area (Å²) in [5.74, 6) is 8.18. The Bertz CT molecular complexity index is 483. The largest absolute Gasteiger partial charge is 0.308 e. The van der Waals surface area contributed by atoms with Crippen molar-refractivity contribution in [2.24, 2.45) is 11.8 Å². The van der Waals surface area contributed by atoms with Crippen molar-refractivity contribution in [3.63, 3.8) is 0 Å². The summed E-state index contributed by atoms with van der Waals surface area (Å²) < 4.78 is 26.6. The van der Waals surface area contributed by atoms with Gasteiger partial charge in [-0.25, -0.2) is 24.0 Å². The topological polar surface area (TPSA) is 97.1 Å². The quantitative estimate of drug-likeness (QED) is 0.536. The van der Waals surface area contributed by atoms with Crippen molar-refractivity contribution >= 4 is 27.6 Å². The molecule has 1 saturated heterocycles. The van der Waals surface area contributed by atoms with Crippen LogP contribution in [0.5, 0.6) is 0 Å². The number of anilines is 1. The van der Waals surface area contributed by atoms with Crippen molar-refractivity contribution in [1.29, 1.82) is 0 Å². The first-order valence-electron chi connectivity index (χ1n) is 5.62. The van der Waals surface area contributed by atoms with Crippen molar-refractivity contribution in [2.45, 2.75) is 11.3 Å². The van der Waals surface area contributed by atoms with Crippen molar-refractivity contribution in [1.82, 2.24) is 9.71 Å². The predicted octanol–water partition coefficient (Wildman–Crippen LogP) is 0.399. The third kappa shape index (κ3) is 3.35. The highest BCUT2D eigenvalue weighted by Gasteiger charge is 2.20. The van der Waals surface area contributed by atoms with Gasteiger partial charge >= 0.3 is 0 Å². The minimum absolute atomic E-state index is 0.159. The normalized spacial score (nSPS) is 19.9. The second-order valence-corrected chi connectivity index (χ2v) is 7.02. The van der Waals surface area contributed by atoms with Crippen LogP contribution in [-0.4, -0.2) is 31.5 Å². The molecule has 4 N–H and O–H groups in total. The summed E-state index contributed by atoms with van der Waals surface area (Å²) in [4.78, 5) is 4.04. The number of hydrogen-bond donors (Lipinski definition) is 3. The van der Waals surface area contributed by atoms with E-state index in [0.717, 1.165) is 17.9 Å². The fourth-order valence-electron chi connectivity index (χ4n) is 1.68. The van der Waals surface area contributed by atoms with Gasteiger partial charge in [0, 0.05) is 12.7 Å². The van der Waals surface area contributed by atoms with E-state index in [2.05, 4.69) is 15.1 Å². The number of nitrogen functional groups attached to an aromatic ring is 1. The fourth-order valence-corrected chi connectivity index (χ4v) is 4.02. The van der Waals surface area contributed by atoms with E-state index in [0.29, 0.717) is 18.3 Å². The second-order valence-electron chi connectivity index (χ2n) is 4.10. The zero-order valence-electron chi connectivity index (χ0n) is 9.80. The van der Waals surface area contributed by atoms with Gasteiger partial charge in [0.1, 0.15) is 10.7 Å². The average molecular weight is 288 g/mol. The molecule has 1 aliphatic heterocycles. The van der Waals surface area contributed by atoms with E-state index in [1.54, 1.807) is 0 Å². The Kier molecular flexibility index (Phi) is 4.44. The van der Waals surface area contributed by atoms with E-state index in [1.807, 2.05) is 11.8 Å². The van der Waals surface area contributed by atoms with Gasteiger partial charge in [0.15, 0.2) is 0 Å². The highest BCUT2D eigenvalue weighted by atomic mass is 32.2. The van der Waals surface area contributed by atoms with Gasteiger partial charge in [-0.1, -0.05) is 0 Å². The third-order valence-electron chi connectivity index (χ3n) is 2.78. The molecule has 2 heterocycles. The summed E-state index contributed by atoms with van der Waals surface area (Å²) in [5.41, 5.74) is 2.35. The zero-order valence-corrected chi connectivity index (χ0v) is 11.4. The van der Waals surface area contributed by atoms with Crippen LogP contribution in [0.15, 0.2) is 23.2 Å². The number of hydrazine groups is 1. The molecule has 18 heavy (non-hydrogen) atoms. The molecule has 0 aliphatic carbocycles. The molecule has 0 aromatic carbocycles. The van der Waals surface area contributed by atoms with Crippen LogP contribution >= 0.6 is 11.8 Å².